The van der Waals surface area contributed by atoms with E-state index >= 15 is 0 Å². The highest BCUT2D eigenvalue weighted by molar-refractivity contribution is 4.81. The topological polar surface area (TPSA) is 12.0 Å². The monoisotopic (exact) mass is 209 g/mol. The molecule has 1 heteroatoms. The first kappa shape index (κ1) is 11.4. The molecule has 2 aliphatic rings. The second-order valence-corrected chi connectivity index (χ2v) is 6.17. The lowest BCUT2D eigenvalue weighted by molar-refractivity contribution is 0.232. The van der Waals surface area contributed by atoms with Crippen molar-refractivity contribution in [3.05, 3.63) is 0 Å². The number of rotatable bonds is 3. The van der Waals surface area contributed by atoms with Gasteiger partial charge in [0.25, 0.3) is 0 Å². The minimum atomic E-state index is 0.823. The van der Waals surface area contributed by atoms with Crippen LogP contribution < -0.4 is 5.32 Å². The molecule has 2 saturated carbocycles. The van der Waals surface area contributed by atoms with Gasteiger partial charge in [-0.2, -0.15) is 0 Å². The third kappa shape index (κ3) is 3.48. The Labute approximate surface area is 95.0 Å². The quantitative estimate of drug-likeness (QED) is 0.749. The minimum Gasteiger partial charge on any atom is -0.314 e. The van der Waals surface area contributed by atoms with Gasteiger partial charge in [0.1, 0.15) is 0 Å². The second kappa shape index (κ2) is 5.34. The summed E-state index contributed by atoms with van der Waals surface area (Å²) in [4.78, 5) is 0. The maximum atomic E-state index is 3.82. The van der Waals surface area contributed by atoms with Crippen molar-refractivity contribution in [3.63, 3.8) is 0 Å². The van der Waals surface area contributed by atoms with Gasteiger partial charge >= 0.3 is 0 Å². The molecule has 2 unspecified atom stereocenters. The van der Waals surface area contributed by atoms with E-state index in [1.807, 2.05) is 0 Å². The van der Waals surface area contributed by atoms with Gasteiger partial charge in [-0.15, -0.1) is 0 Å². The Balaban J connectivity index is 1.69. The van der Waals surface area contributed by atoms with Crippen LogP contribution in [0, 0.1) is 17.8 Å². The zero-order valence-electron chi connectivity index (χ0n) is 10.5. The lowest BCUT2D eigenvalue weighted by atomic mass is 9.80. The van der Waals surface area contributed by atoms with Gasteiger partial charge < -0.3 is 5.32 Å². The fraction of sp³-hybridized carbons (Fsp3) is 1.00. The molecule has 0 spiro atoms. The molecule has 0 aromatic rings. The average Bonchev–Trinajstić information content (AvgIpc) is 2.65. The molecule has 0 aliphatic heterocycles. The van der Waals surface area contributed by atoms with Crippen LogP contribution in [0.5, 0.6) is 0 Å². The molecular weight excluding hydrogens is 182 g/mol. The summed E-state index contributed by atoms with van der Waals surface area (Å²) in [5.74, 6) is 2.88. The van der Waals surface area contributed by atoms with E-state index in [9.17, 15) is 0 Å². The summed E-state index contributed by atoms with van der Waals surface area (Å²) in [5.41, 5.74) is 0. The molecule has 0 aromatic heterocycles. The molecule has 0 bridgehead atoms. The fourth-order valence-electron chi connectivity index (χ4n) is 3.66. The van der Waals surface area contributed by atoms with Crippen LogP contribution in [0.4, 0.5) is 0 Å². The Morgan fingerprint density at radius 1 is 0.933 bits per heavy atom. The standard InChI is InChI=1S/C14H27N/c1-11-7-12(2)9-14(8-11)15-10-13-5-3-4-6-13/h11-15H,3-10H2,1-2H3. The molecule has 88 valence electrons. The Morgan fingerprint density at radius 3 is 2.13 bits per heavy atom. The first-order valence-corrected chi connectivity index (χ1v) is 6.97. The van der Waals surface area contributed by atoms with Gasteiger partial charge in [-0.3, -0.25) is 0 Å². The van der Waals surface area contributed by atoms with E-state index in [1.165, 1.54) is 51.5 Å². The van der Waals surface area contributed by atoms with E-state index in [2.05, 4.69) is 19.2 Å². The fourth-order valence-corrected chi connectivity index (χ4v) is 3.66. The SMILES string of the molecule is CC1CC(C)CC(NCC2CCCC2)C1. The Hall–Kier alpha value is -0.0400. The van der Waals surface area contributed by atoms with Crippen molar-refractivity contribution in [2.45, 2.75) is 64.8 Å². The van der Waals surface area contributed by atoms with Crippen molar-refractivity contribution in [2.24, 2.45) is 17.8 Å². The number of nitrogens with one attached hydrogen (secondary N) is 1. The summed E-state index contributed by atoms with van der Waals surface area (Å²) in [6.07, 6.45) is 10.2. The Bertz CT molecular complexity index is 174. The molecule has 15 heavy (non-hydrogen) atoms. The van der Waals surface area contributed by atoms with Crippen LogP contribution >= 0.6 is 0 Å². The highest BCUT2D eigenvalue weighted by Gasteiger charge is 2.24. The van der Waals surface area contributed by atoms with Crippen molar-refractivity contribution in [1.82, 2.24) is 5.32 Å². The molecule has 0 saturated heterocycles. The highest BCUT2D eigenvalue weighted by atomic mass is 14.9. The molecule has 2 atom stereocenters. The molecular formula is C14H27N. The second-order valence-electron chi connectivity index (χ2n) is 6.17. The van der Waals surface area contributed by atoms with Crippen LogP contribution in [0.1, 0.15) is 58.8 Å². The molecule has 0 amide bonds. The summed E-state index contributed by atoms with van der Waals surface area (Å²) < 4.78 is 0. The van der Waals surface area contributed by atoms with Crippen LogP contribution in [-0.2, 0) is 0 Å². The van der Waals surface area contributed by atoms with Gasteiger partial charge in [0.15, 0.2) is 0 Å². The largest absolute Gasteiger partial charge is 0.314 e. The van der Waals surface area contributed by atoms with E-state index in [0.717, 1.165) is 23.8 Å². The van der Waals surface area contributed by atoms with Crippen LogP contribution in [-0.4, -0.2) is 12.6 Å². The van der Waals surface area contributed by atoms with Crippen molar-refractivity contribution >= 4 is 0 Å². The first-order chi connectivity index (χ1) is 7.24. The van der Waals surface area contributed by atoms with Crippen LogP contribution in [0.25, 0.3) is 0 Å². The summed E-state index contributed by atoms with van der Waals surface area (Å²) >= 11 is 0. The third-order valence-electron chi connectivity index (χ3n) is 4.35. The van der Waals surface area contributed by atoms with Crippen LogP contribution in [0.2, 0.25) is 0 Å². The average molecular weight is 209 g/mol. The maximum absolute atomic E-state index is 3.82. The van der Waals surface area contributed by atoms with Gasteiger partial charge in [0.2, 0.25) is 0 Å². The molecule has 1 nitrogen and oxygen atoms in total. The van der Waals surface area contributed by atoms with E-state index in [4.69, 9.17) is 0 Å². The van der Waals surface area contributed by atoms with Gasteiger partial charge in [0.05, 0.1) is 0 Å². The summed E-state index contributed by atoms with van der Waals surface area (Å²) in [7, 11) is 0. The van der Waals surface area contributed by atoms with Gasteiger partial charge in [-0.1, -0.05) is 26.7 Å². The van der Waals surface area contributed by atoms with Crippen molar-refractivity contribution < 1.29 is 0 Å². The summed E-state index contributed by atoms with van der Waals surface area (Å²) in [6.45, 7) is 6.13. The highest BCUT2D eigenvalue weighted by Crippen LogP contribution is 2.29. The zero-order valence-corrected chi connectivity index (χ0v) is 10.5. The van der Waals surface area contributed by atoms with Gasteiger partial charge in [-0.25, -0.2) is 0 Å². The maximum Gasteiger partial charge on any atom is 0.00722 e. The van der Waals surface area contributed by atoms with E-state index in [0.29, 0.717) is 0 Å². The van der Waals surface area contributed by atoms with Crippen molar-refractivity contribution in [1.29, 1.82) is 0 Å². The molecule has 0 radical (unpaired) electrons. The normalized spacial score (nSPS) is 38.4. The molecule has 1 N–H and O–H groups in total. The minimum absolute atomic E-state index is 0.823. The van der Waals surface area contributed by atoms with Crippen LogP contribution in [0.15, 0.2) is 0 Å². The zero-order chi connectivity index (χ0) is 10.7. The summed E-state index contributed by atoms with van der Waals surface area (Å²) in [5, 5.41) is 3.82. The molecule has 0 aromatic carbocycles. The lowest BCUT2D eigenvalue weighted by Gasteiger charge is -2.32. The Kier molecular flexibility index (Phi) is 4.07. The van der Waals surface area contributed by atoms with E-state index < -0.39 is 0 Å². The number of hydrogen-bond acceptors (Lipinski definition) is 1. The molecule has 0 heterocycles. The van der Waals surface area contributed by atoms with Gasteiger partial charge in [-0.05, 0) is 56.4 Å². The molecule has 2 rings (SSSR count). The van der Waals surface area contributed by atoms with E-state index in [1.54, 1.807) is 0 Å². The van der Waals surface area contributed by atoms with E-state index in [-0.39, 0.29) is 0 Å². The Morgan fingerprint density at radius 2 is 1.53 bits per heavy atom. The number of hydrogen-bond donors (Lipinski definition) is 1. The van der Waals surface area contributed by atoms with Crippen molar-refractivity contribution in [3.8, 4) is 0 Å². The predicted molar refractivity (Wildman–Crippen MR) is 65.9 cm³/mol. The summed E-state index contributed by atoms with van der Waals surface area (Å²) in [6, 6.07) is 0.823. The van der Waals surface area contributed by atoms with Crippen LogP contribution in [0.3, 0.4) is 0 Å². The van der Waals surface area contributed by atoms with Crippen molar-refractivity contribution in [2.75, 3.05) is 6.54 Å². The van der Waals surface area contributed by atoms with Gasteiger partial charge in [0, 0.05) is 6.04 Å². The third-order valence-corrected chi connectivity index (χ3v) is 4.35. The smallest absolute Gasteiger partial charge is 0.00722 e. The molecule has 2 fully saturated rings. The first-order valence-electron chi connectivity index (χ1n) is 6.97. The lowest BCUT2D eigenvalue weighted by Crippen LogP contribution is -2.38. The predicted octanol–water partition coefficient (Wildman–Crippen LogP) is 3.59. The molecule has 2 aliphatic carbocycles.